The van der Waals surface area contributed by atoms with Gasteiger partial charge in [0.25, 0.3) is 5.89 Å². The van der Waals surface area contributed by atoms with Crippen molar-refractivity contribution in [3.05, 3.63) is 47.9 Å². The van der Waals surface area contributed by atoms with Gasteiger partial charge in [0.2, 0.25) is 5.89 Å². The lowest BCUT2D eigenvalue weighted by Gasteiger charge is -2.33. The van der Waals surface area contributed by atoms with Crippen LogP contribution in [0.4, 0.5) is 19.0 Å². The highest BCUT2D eigenvalue weighted by Crippen LogP contribution is 2.37. The molecule has 1 aliphatic heterocycles. The first kappa shape index (κ1) is 20.1. The maximum atomic E-state index is 13.1. The molecule has 3 heterocycles. The molecule has 1 aromatic carbocycles. The number of rotatable bonds is 5. The number of para-hydroxylation sites is 1. The van der Waals surface area contributed by atoms with Crippen molar-refractivity contribution in [2.24, 2.45) is 0 Å². The van der Waals surface area contributed by atoms with Crippen molar-refractivity contribution in [2.75, 3.05) is 18.0 Å². The number of aryl methyl sites for hydroxylation is 1. The number of anilines is 1. The molecule has 0 aliphatic carbocycles. The van der Waals surface area contributed by atoms with Gasteiger partial charge in [-0.2, -0.15) is 13.2 Å². The zero-order chi connectivity index (χ0) is 21.1. The summed E-state index contributed by atoms with van der Waals surface area (Å²) in [6.07, 6.45) is -2.92. The van der Waals surface area contributed by atoms with Crippen LogP contribution >= 0.6 is 0 Å². The minimum absolute atomic E-state index is 0.126. The highest BCUT2D eigenvalue weighted by Gasteiger charge is 2.35. The van der Waals surface area contributed by atoms with Crippen molar-refractivity contribution in [1.82, 2.24) is 20.4 Å². The van der Waals surface area contributed by atoms with Gasteiger partial charge < -0.3 is 14.1 Å². The summed E-state index contributed by atoms with van der Waals surface area (Å²) in [4.78, 5) is 2.03. The normalized spacial score (nSPS) is 15.4. The van der Waals surface area contributed by atoms with E-state index >= 15 is 0 Å². The van der Waals surface area contributed by atoms with E-state index in [-0.39, 0.29) is 11.9 Å². The Hall–Kier alpha value is -3.17. The fraction of sp³-hybridized carbons (Fsp3) is 0.400. The Balaban J connectivity index is 1.37. The Bertz CT molecular complexity index is 983. The zero-order valence-corrected chi connectivity index (χ0v) is 16.3. The average Bonchev–Trinajstić information content (AvgIpc) is 3.23. The standard InChI is InChI=1S/C20H20F3N5O2/c1-2-18-26-27-19(30-18)15-7-8-17(25-24-15)28-11-9-13(10-12-28)29-16-6-4-3-5-14(16)20(21,22)23/h3-8,13H,2,9-12H2,1H3. The molecular formula is C20H20F3N5O2. The SMILES string of the molecule is CCc1nnc(-c2ccc(N3CCC(Oc4ccccc4C(F)(F)F)CC3)nn2)o1. The quantitative estimate of drug-likeness (QED) is 0.615. The lowest BCUT2D eigenvalue weighted by Crippen LogP contribution is -2.39. The molecule has 2 aromatic heterocycles. The topological polar surface area (TPSA) is 77.2 Å². The largest absolute Gasteiger partial charge is 0.490 e. The number of hydrogen-bond donors (Lipinski definition) is 0. The molecule has 10 heteroatoms. The highest BCUT2D eigenvalue weighted by molar-refractivity contribution is 5.49. The maximum absolute atomic E-state index is 13.1. The molecule has 0 N–H and O–H groups in total. The first-order valence-corrected chi connectivity index (χ1v) is 9.68. The summed E-state index contributed by atoms with van der Waals surface area (Å²) in [5, 5.41) is 16.2. The van der Waals surface area contributed by atoms with E-state index in [0.29, 0.717) is 55.6 Å². The minimum Gasteiger partial charge on any atom is -0.490 e. The van der Waals surface area contributed by atoms with Crippen molar-refractivity contribution in [3.8, 4) is 17.3 Å². The van der Waals surface area contributed by atoms with Gasteiger partial charge in [-0.05, 0) is 24.3 Å². The molecule has 30 heavy (non-hydrogen) atoms. The van der Waals surface area contributed by atoms with E-state index in [0.717, 1.165) is 6.07 Å². The van der Waals surface area contributed by atoms with Crippen LogP contribution in [-0.4, -0.2) is 39.6 Å². The van der Waals surface area contributed by atoms with Crippen LogP contribution in [0.5, 0.6) is 5.75 Å². The Morgan fingerprint density at radius 3 is 2.43 bits per heavy atom. The molecule has 0 amide bonds. The van der Waals surface area contributed by atoms with Crippen LogP contribution in [0.25, 0.3) is 11.6 Å². The van der Waals surface area contributed by atoms with Crippen LogP contribution in [0.1, 0.15) is 31.2 Å². The number of ether oxygens (including phenoxy) is 1. The van der Waals surface area contributed by atoms with Gasteiger partial charge >= 0.3 is 6.18 Å². The molecule has 158 valence electrons. The fourth-order valence-electron chi connectivity index (χ4n) is 3.29. The van der Waals surface area contributed by atoms with E-state index in [4.69, 9.17) is 9.15 Å². The first-order chi connectivity index (χ1) is 14.4. The lowest BCUT2D eigenvalue weighted by molar-refractivity contribution is -0.139. The van der Waals surface area contributed by atoms with Gasteiger partial charge in [-0.1, -0.05) is 19.1 Å². The highest BCUT2D eigenvalue weighted by atomic mass is 19.4. The number of hydrogen-bond acceptors (Lipinski definition) is 7. The second-order valence-electron chi connectivity index (χ2n) is 6.93. The summed E-state index contributed by atoms with van der Waals surface area (Å²) in [7, 11) is 0. The third-order valence-corrected chi connectivity index (χ3v) is 4.89. The van der Waals surface area contributed by atoms with Gasteiger partial charge in [0, 0.05) is 32.4 Å². The van der Waals surface area contributed by atoms with E-state index < -0.39 is 11.7 Å². The Morgan fingerprint density at radius 2 is 1.80 bits per heavy atom. The van der Waals surface area contributed by atoms with Crippen LogP contribution in [0.2, 0.25) is 0 Å². The van der Waals surface area contributed by atoms with Crippen molar-refractivity contribution >= 4 is 5.82 Å². The predicted molar refractivity (Wildman–Crippen MR) is 102 cm³/mol. The van der Waals surface area contributed by atoms with E-state index in [1.54, 1.807) is 12.1 Å². The van der Waals surface area contributed by atoms with Crippen LogP contribution in [-0.2, 0) is 12.6 Å². The molecule has 1 saturated heterocycles. The average molecular weight is 419 g/mol. The molecule has 0 bridgehead atoms. The minimum atomic E-state index is -4.44. The summed E-state index contributed by atoms with van der Waals surface area (Å²) < 4.78 is 50.6. The summed E-state index contributed by atoms with van der Waals surface area (Å²) in [6, 6.07) is 8.88. The first-order valence-electron chi connectivity index (χ1n) is 9.68. The van der Waals surface area contributed by atoms with Gasteiger partial charge in [0.15, 0.2) is 5.82 Å². The van der Waals surface area contributed by atoms with Crippen LogP contribution in [0.15, 0.2) is 40.8 Å². The number of aromatic nitrogens is 4. The number of nitrogens with zero attached hydrogens (tertiary/aromatic N) is 5. The molecular weight excluding hydrogens is 399 g/mol. The predicted octanol–water partition coefficient (Wildman–Crippen LogP) is 4.16. The second-order valence-corrected chi connectivity index (χ2v) is 6.93. The number of piperidine rings is 1. The van der Waals surface area contributed by atoms with Gasteiger partial charge in [-0.15, -0.1) is 20.4 Å². The Kier molecular flexibility index (Phi) is 5.56. The van der Waals surface area contributed by atoms with Gasteiger partial charge in [-0.25, -0.2) is 0 Å². The summed E-state index contributed by atoms with van der Waals surface area (Å²) in [5.41, 5.74) is -0.255. The summed E-state index contributed by atoms with van der Waals surface area (Å²) in [5.74, 6) is 1.41. The van der Waals surface area contributed by atoms with Crippen LogP contribution < -0.4 is 9.64 Å². The van der Waals surface area contributed by atoms with Crippen molar-refractivity contribution in [3.63, 3.8) is 0 Å². The van der Waals surface area contributed by atoms with Gasteiger partial charge in [0.05, 0.1) is 5.56 Å². The molecule has 0 spiro atoms. The zero-order valence-electron chi connectivity index (χ0n) is 16.3. The maximum Gasteiger partial charge on any atom is 0.419 e. The second kappa shape index (κ2) is 8.29. The molecule has 0 atom stereocenters. The summed E-state index contributed by atoms with van der Waals surface area (Å²) >= 11 is 0. The summed E-state index contributed by atoms with van der Waals surface area (Å²) in [6.45, 7) is 3.13. The molecule has 0 unspecified atom stereocenters. The van der Waals surface area contributed by atoms with Crippen molar-refractivity contribution < 1.29 is 22.3 Å². The number of alkyl halides is 3. The van der Waals surface area contributed by atoms with E-state index in [9.17, 15) is 13.2 Å². The van der Waals surface area contributed by atoms with Crippen LogP contribution in [0, 0.1) is 0 Å². The molecule has 1 aliphatic rings. The van der Waals surface area contributed by atoms with Gasteiger partial charge in [0.1, 0.15) is 17.5 Å². The Labute approximate surface area is 170 Å². The molecule has 3 aromatic rings. The van der Waals surface area contributed by atoms with E-state index in [2.05, 4.69) is 20.4 Å². The third-order valence-electron chi connectivity index (χ3n) is 4.89. The number of halogens is 3. The van der Waals surface area contributed by atoms with E-state index in [1.165, 1.54) is 12.1 Å². The lowest BCUT2D eigenvalue weighted by atomic mass is 10.1. The number of benzene rings is 1. The smallest absolute Gasteiger partial charge is 0.419 e. The molecule has 7 nitrogen and oxygen atoms in total. The monoisotopic (exact) mass is 419 g/mol. The Morgan fingerprint density at radius 1 is 1.03 bits per heavy atom. The van der Waals surface area contributed by atoms with Crippen molar-refractivity contribution in [1.29, 1.82) is 0 Å². The van der Waals surface area contributed by atoms with Crippen molar-refractivity contribution in [2.45, 2.75) is 38.5 Å². The van der Waals surface area contributed by atoms with E-state index in [1.807, 2.05) is 17.9 Å². The molecule has 0 radical (unpaired) electrons. The fourth-order valence-corrected chi connectivity index (χ4v) is 3.29. The van der Waals surface area contributed by atoms with Crippen LogP contribution in [0.3, 0.4) is 0 Å². The third kappa shape index (κ3) is 4.37. The molecule has 0 saturated carbocycles. The van der Waals surface area contributed by atoms with Gasteiger partial charge in [-0.3, -0.25) is 0 Å². The molecule has 4 rings (SSSR count). The molecule has 1 fully saturated rings.